The van der Waals surface area contributed by atoms with Crippen molar-refractivity contribution in [3.05, 3.63) is 89.1 Å². The molecule has 4 nitrogen and oxygen atoms in total. The number of sulfonamides is 1. The molecule has 0 aliphatic carbocycles. The van der Waals surface area contributed by atoms with Gasteiger partial charge in [-0.15, -0.1) is 0 Å². The molecule has 0 saturated heterocycles. The van der Waals surface area contributed by atoms with Gasteiger partial charge in [-0.05, 0) is 61.9 Å². The van der Waals surface area contributed by atoms with Crippen LogP contribution in [0.25, 0.3) is 16.6 Å². The number of nitrogens with one attached hydrogen (secondary N) is 1. The van der Waals surface area contributed by atoms with E-state index in [2.05, 4.69) is 4.72 Å². The summed E-state index contributed by atoms with van der Waals surface area (Å²) in [5, 5.41) is 1.65. The molecule has 142 valence electrons. The van der Waals surface area contributed by atoms with Gasteiger partial charge in [0.25, 0.3) is 10.0 Å². The highest BCUT2D eigenvalue weighted by Crippen LogP contribution is 2.30. The van der Waals surface area contributed by atoms with Gasteiger partial charge in [0.05, 0.1) is 21.8 Å². The van der Waals surface area contributed by atoms with Gasteiger partial charge in [-0.25, -0.2) is 8.42 Å². The lowest BCUT2D eigenvalue weighted by molar-refractivity contribution is 0.601. The fraction of sp³-hybridized carbons (Fsp3) is 0.0909. The van der Waals surface area contributed by atoms with Crippen molar-refractivity contribution in [3.63, 3.8) is 0 Å². The minimum atomic E-state index is -3.71. The van der Waals surface area contributed by atoms with Crippen molar-refractivity contribution in [2.24, 2.45) is 0 Å². The first kappa shape index (κ1) is 18.6. The van der Waals surface area contributed by atoms with E-state index in [1.165, 1.54) is 0 Å². The summed E-state index contributed by atoms with van der Waals surface area (Å²) in [6, 6.07) is 20.0. The van der Waals surface area contributed by atoms with Gasteiger partial charge in [0.1, 0.15) is 0 Å². The van der Waals surface area contributed by atoms with Crippen LogP contribution in [0.1, 0.15) is 11.1 Å². The van der Waals surface area contributed by atoms with Crippen LogP contribution in [-0.2, 0) is 10.0 Å². The van der Waals surface area contributed by atoms with Crippen LogP contribution >= 0.6 is 11.6 Å². The summed E-state index contributed by atoms with van der Waals surface area (Å²) < 4.78 is 30.5. The van der Waals surface area contributed by atoms with Crippen LogP contribution in [0, 0.1) is 13.8 Å². The zero-order chi connectivity index (χ0) is 19.9. The number of nitrogens with zero attached hydrogens (tertiary/aromatic N) is 1. The van der Waals surface area contributed by atoms with Crippen LogP contribution in [0.4, 0.5) is 5.69 Å². The van der Waals surface area contributed by atoms with Crippen LogP contribution in [0.3, 0.4) is 0 Å². The molecule has 3 aromatic carbocycles. The Balaban J connectivity index is 1.83. The third kappa shape index (κ3) is 3.51. The summed E-state index contributed by atoms with van der Waals surface area (Å²) in [6.45, 7) is 3.89. The molecular formula is C22H19ClN2O2S. The topological polar surface area (TPSA) is 51.1 Å². The average Bonchev–Trinajstić information content (AvgIpc) is 3.06. The second-order valence-electron chi connectivity index (χ2n) is 6.83. The fourth-order valence-corrected chi connectivity index (χ4v) is 4.40. The maximum atomic E-state index is 12.9. The molecule has 4 aromatic rings. The molecule has 0 unspecified atom stereocenters. The first-order valence-corrected chi connectivity index (χ1v) is 10.7. The minimum absolute atomic E-state index is 0.227. The van der Waals surface area contributed by atoms with Crippen LogP contribution < -0.4 is 4.72 Å². The first-order chi connectivity index (χ1) is 13.3. The predicted molar refractivity (Wildman–Crippen MR) is 115 cm³/mol. The van der Waals surface area contributed by atoms with Crippen molar-refractivity contribution in [1.82, 2.24) is 4.57 Å². The summed E-state index contributed by atoms with van der Waals surface area (Å²) in [4.78, 5) is 0.227. The highest BCUT2D eigenvalue weighted by molar-refractivity contribution is 7.92. The van der Waals surface area contributed by atoms with E-state index in [9.17, 15) is 8.42 Å². The van der Waals surface area contributed by atoms with Gasteiger partial charge in [0, 0.05) is 16.6 Å². The summed E-state index contributed by atoms with van der Waals surface area (Å²) in [5.41, 5.74) is 4.19. The van der Waals surface area contributed by atoms with Crippen LogP contribution in [0.5, 0.6) is 0 Å². The number of halogens is 1. The molecule has 0 bridgehead atoms. The lowest BCUT2D eigenvalue weighted by Gasteiger charge is -2.15. The van der Waals surface area contributed by atoms with Crippen LogP contribution in [0.2, 0.25) is 5.02 Å². The van der Waals surface area contributed by atoms with Crippen LogP contribution in [0.15, 0.2) is 77.8 Å². The predicted octanol–water partition coefficient (Wildman–Crippen LogP) is 5.70. The second kappa shape index (κ2) is 7.00. The lowest BCUT2D eigenvalue weighted by atomic mass is 10.2. The van der Waals surface area contributed by atoms with Gasteiger partial charge in [-0.2, -0.15) is 0 Å². The van der Waals surface area contributed by atoms with Crippen LogP contribution in [-0.4, -0.2) is 13.0 Å². The Morgan fingerprint density at radius 1 is 0.857 bits per heavy atom. The smallest absolute Gasteiger partial charge is 0.261 e. The fourth-order valence-electron chi connectivity index (χ4n) is 3.16. The summed E-state index contributed by atoms with van der Waals surface area (Å²) >= 11 is 6.18. The number of anilines is 1. The average molecular weight is 411 g/mol. The summed E-state index contributed by atoms with van der Waals surface area (Å²) in [6.07, 6.45) is 1.92. The van der Waals surface area contributed by atoms with Crippen molar-refractivity contribution in [3.8, 4) is 5.69 Å². The standard InChI is InChI=1S/C22H19ClN2O2S/c1-15-3-8-19(9-4-15)28(26,27)24-20-10-5-16(2)13-22(20)25-12-11-17-6-7-18(23)14-21(17)25/h3-14,24H,1-2H3. The SMILES string of the molecule is Cc1ccc(S(=O)(=O)Nc2ccc(C)cc2-n2ccc3ccc(Cl)cc32)cc1. The largest absolute Gasteiger partial charge is 0.314 e. The Hall–Kier alpha value is -2.76. The van der Waals surface area contributed by atoms with E-state index < -0.39 is 10.0 Å². The molecule has 0 amide bonds. The van der Waals surface area contributed by atoms with Crippen molar-refractivity contribution in [2.45, 2.75) is 18.7 Å². The van der Waals surface area contributed by atoms with Gasteiger partial charge in [0.15, 0.2) is 0 Å². The molecule has 0 atom stereocenters. The van der Waals surface area contributed by atoms with Gasteiger partial charge in [-0.3, -0.25) is 4.72 Å². The van der Waals surface area contributed by atoms with Crippen molar-refractivity contribution >= 4 is 38.2 Å². The van der Waals surface area contributed by atoms with E-state index in [1.54, 1.807) is 30.3 Å². The van der Waals surface area contributed by atoms with Gasteiger partial charge in [-0.1, -0.05) is 41.4 Å². The zero-order valence-corrected chi connectivity index (χ0v) is 17.1. The Morgan fingerprint density at radius 3 is 2.32 bits per heavy atom. The molecule has 0 fully saturated rings. The second-order valence-corrected chi connectivity index (χ2v) is 8.95. The molecule has 1 aromatic heterocycles. The maximum absolute atomic E-state index is 12.9. The van der Waals surface area contributed by atoms with E-state index in [1.807, 2.05) is 61.0 Å². The Bertz CT molecular complexity index is 1280. The third-order valence-electron chi connectivity index (χ3n) is 4.64. The molecular weight excluding hydrogens is 392 g/mol. The number of hydrogen-bond acceptors (Lipinski definition) is 2. The minimum Gasteiger partial charge on any atom is -0.314 e. The number of aromatic nitrogens is 1. The number of aryl methyl sites for hydroxylation is 2. The first-order valence-electron chi connectivity index (χ1n) is 8.81. The molecule has 28 heavy (non-hydrogen) atoms. The monoisotopic (exact) mass is 410 g/mol. The quantitative estimate of drug-likeness (QED) is 0.469. The Kier molecular flexibility index (Phi) is 4.65. The Morgan fingerprint density at radius 2 is 1.57 bits per heavy atom. The molecule has 4 rings (SSSR count). The highest BCUT2D eigenvalue weighted by atomic mass is 35.5. The van der Waals surface area contributed by atoms with Gasteiger partial charge < -0.3 is 4.57 Å². The third-order valence-corrected chi connectivity index (χ3v) is 6.26. The van der Waals surface area contributed by atoms with Crippen molar-refractivity contribution in [2.75, 3.05) is 4.72 Å². The lowest BCUT2D eigenvalue weighted by Crippen LogP contribution is -2.14. The number of fused-ring (bicyclic) bond motifs is 1. The summed E-state index contributed by atoms with van der Waals surface area (Å²) in [5.74, 6) is 0. The molecule has 0 spiro atoms. The summed E-state index contributed by atoms with van der Waals surface area (Å²) in [7, 11) is -3.71. The van der Waals surface area contributed by atoms with Crippen molar-refractivity contribution in [1.29, 1.82) is 0 Å². The number of rotatable bonds is 4. The van der Waals surface area contributed by atoms with Gasteiger partial charge in [0.2, 0.25) is 0 Å². The molecule has 1 N–H and O–H groups in total. The Labute approximate surface area is 169 Å². The van der Waals surface area contributed by atoms with E-state index in [0.717, 1.165) is 27.7 Å². The number of hydrogen-bond donors (Lipinski definition) is 1. The molecule has 6 heteroatoms. The maximum Gasteiger partial charge on any atom is 0.261 e. The molecule has 0 aliphatic heterocycles. The highest BCUT2D eigenvalue weighted by Gasteiger charge is 2.17. The zero-order valence-electron chi connectivity index (χ0n) is 15.5. The van der Waals surface area contributed by atoms with E-state index in [-0.39, 0.29) is 4.90 Å². The normalized spacial score (nSPS) is 11.7. The molecule has 0 aliphatic rings. The van der Waals surface area contributed by atoms with E-state index >= 15 is 0 Å². The van der Waals surface area contributed by atoms with E-state index in [0.29, 0.717) is 10.7 Å². The van der Waals surface area contributed by atoms with Crippen molar-refractivity contribution < 1.29 is 8.42 Å². The van der Waals surface area contributed by atoms with E-state index in [4.69, 9.17) is 11.6 Å². The molecule has 0 saturated carbocycles. The molecule has 1 heterocycles. The van der Waals surface area contributed by atoms with Gasteiger partial charge >= 0.3 is 0 Å². The molecule has 0 radical (unpaired) electrons. The number of benzene rings is 3.